The van der Waals surface area contributed by atoms with Gasteiger partial charge in [-0.2, -0.15) is 4.98 Å². The van der Waals surface area contributed by atoms with Crippen molar-refractivity contribution >= 4 is 5.95 Å². The Labute approximate surface area is 108 Å². The predicted octanol–water partition coefficient (Wildman–Crippen LogP) is 1.98. The first-order valence-corrected chi connectivity index (χ1v) is 6.68. The Bertz CT molecular complexity index is 365. The minimum atomic E-state index is -0.136. The molecule has 1 aliphatic rings. The number of aliphatic hydroxyl groups is 1. The molecule has 18 heavy (non-hydrogen) atoms. The first kappa shape index (κ1) is 13.1. The summed E-state index contributed by atoms with van der Waals surface area (Å²) in [5, 5.41) is 12.8. The van der Waals surface area contributed by atoms with E-state index in [1.165, 1.54) is 0 Å². The van der Waals surface area contributed by atoms with Crippen LogP contribution in [0.5, 0.6) is 5.88 Å². The van der Waals surface area contributed by atoms with E-state index in [0.29, 0.717) is 24.5 Å². The molecule has 5 heteroatoms. The van der Waals surface area contributed by atoms with Gasteiger partial charge in [-0.25, -0.2) is 4.98 Å². The molecule has 1 fully saturated rings. The molecule has 0 amide bonds. The number of hydrogen-bond donors (Lipinski definition) is 2. The van der Waals surface area contributed by atoms with Crippen LogP contribution in [0.4, 0.5) is 5.95 Å². The van der Waals surface area contributed by atoms with Gasteiger partial charge in [-0.15, -0.1) is 0 Å². The van der Waals surface area contributed by atoms with Gasteiger partial charge in [0, 0.05) is 18.3 Å². The van der Waals surface area contributed by atoms with E-state index in [1.807, 2.05) is 0 Å². The van der Waals surface area contributed by atoms with Crippen molar-refractivity contribution in [1.82, 2.24) is 9.97 Å². The molecule has 0 spiro atoms. The quantitative estimate of drug-likeness (QED) is 0.837. The summed E-state index contributed by atoms with van der Waals surface area (Å²) in [5.41, 5.74) is 0. The minimum Gasteiger partial charge on any atom is -0.478 e. The Hall–Kier alpha value is -1.36. The molecule has 100 valence electrons. The Morgan fingerprint density at radius 1 is 1.39 bits per heavy atom. The zero-order valence-corrected chi connectivity index (χ0v) is 10.8. The van der Waals surface area contributed by atoms with Gasteiger partial charge in [-0.05, 0) is 32.1 Å². The Morgan fingerprint density at radius 2 is 2.17 bits per heavy atom. The highest BCUT2D eigenvalue weighted by molar-refractivity contribution is 5.29. The zero-order valence-electron chi connectivity index (χ0n) is 10.8. The number of ether oxygens (including phenoxy) is 1. The molecule has 1 saturated carbocycles. The maximum Gasteiger partial charge on any atom is 0.226 e. The molecule has 2 rings (SSSR count). The number of aromatic nitrogens is 2. The lowest BCUT2D eigenvalue weighted by atomic mass is 9.93. The molecule has 2 N–H and O–H groups in total. The molecule has 0 saturated heterocycles. The second-order valence-corrected chi connectivity index (χ2v) is 4.72. The summed E-state index contributed by atoms with van der Waals surface area (Å²) in [4.78, 5) is 8.51. The number of hydrogen-bond acceptors (Lipinski definition) is 5. The summed E-state index contributed by atoms with van der Waals surface area (Å²) >= 11 is 0. The summed E-state index contributed by atoms with van der Waals surface area (Å²) in [6, 6.07) is 2.13. The molecule has 0 bridgehead atoms. The van der Waals surface area contributed by atoms with Crippen molar-refractivity contribution in [2.75, 3.05) is 11.9 Å². The molecule has 0 radical (unpaired) electrons. The Morgan fingerprint density at radius 3 is 2.89 bits per heavy atom. The van der Waals surface area contributed by atoms with Gasteiger partial charge >= 0.3 is 0 Å². The van der Waals surface area contributed by atoms with Crippen LogP contribution in [0.2, 0.25) is 0 Å². The SMILES string of the molecule is CCCOc1ccnc(NC2CCC(O)CC2)n1. The van der Waals surface area contributed by atoms with Crippen molar-refractivity contribution in [1.29, 1.82) is 0 Å². The van der Waals surface area contributed by atoms with Crippen LogP contribution in [-0.2, 0) is 0 Å². The fourth-order valence-corrected chi connectivity index (χ4v) is 2.10. The Balaban J connectivity index is 1.88. The van der Waals surface area contributed by atoms with E-state index >= 15 is 0 Å². The lowest BCUT2D eigenvalue weighted by Gasteiger charge is -2.26. The molecule has 0 atom stereocenters. The van der Waals surface area contributed by atoms with Crippen molar-refractivity contribution in [2.45, 2.75) is 51.2 Å². The smallest absolute Gasteiger partial charge is 0.226 e. The number of nitrogens with zero attached hydrogens (tertiary/aromatic N) is 2. The van der Waals surface area contributed by atoms with Gasteiger partial charge < -0.3 is 15.2 Å². The maximum absolute atomic E-state index is 9.46. The summed E-state index contributed by atoms with van der Waals surface area (Å²) in [6.07, 6.45) is 6.16. The predicted molar refractivity (Wildman–Crippen MR) is 69.7 cm³/mol. The highest BCUT2D eigenvalue weighted by Crippen LogP contribution is 2.21. The normalized spacial score (nSPS) is 23.7. The van der Waals surface area contributed by atoms with Gasteiger partial charge in [0.05, 0.1) is 12.7 Å². The fraction of sp³-hybridized carbons (Fsp3) is 0.692. The van der Waals surface area contributed by atoms with Gasteiger partial charge in [0.1, 0.15) is 0 Å². The molecule has 5 nitrogen and oxygen atoms in total. The second kappa shape index (κ2) is 6.54. The number of aliphatic hydroxyl groups excluding tert-OH is 1. The minimum absolute atomic E-state index is 0.136. The third-order valence-electron chi connectivity index (χ3n) is 3.11. The van der Waals surface area contributed by atoms with Gasteiger partial charge in [-0.1, -0.05) is 6.92 Å². The molecule has 1 aromatic heterocycles. The Kier molecular flexibility index (Phi) is 4.75. The molecule has 1 heterocycles. The third kappa shape index (κ3) is 3.84. The molecule has 1 aromatic rings. The van der Waals surface area contributed by atoms with E-state index in [1.54, 1.807) is 12.3 Å². The van der Waals surface area contributed by atoms with Gasteiger partial charge in [-0.3, -0.25) is 0 Å². The first-order chi connectivity index (χ1) is 8.78. The van der Waals surface area contributed by atoms with Crippen molar-refractivity contribution in [3.63, 3.8) is 0 Å². The van der Waals surface area contributed by atoms with Crippen LogP contribution in [0.3, 0.4) is 0 Å². The van der Waals surface area contributed by atoms with Crippen molar-refractivity contribution in [3.05, 3.63) is 12.3 Å². The number of anilines is 1. The van der Waals surface area contributed by atoms with E-state index in [-0.39, 0.29) is 6.10 Å². The summed E-state index contributed by atoms with van der Waals surface area (Å²) in [7, 11) is 0. The van der Waals surface area contributed by atoms with Crippen LogP contribution in [0.25, 0.3) is 0 Å². The number of rotatable bonds is 5. The van der Waals surface area contributed by atoms with Gasteiger partial charge in [0.2, 0.25) is 11.8 Å². The van der Waals surface area contributed by atoms with Crippen LogP contribution in [0.1, 0.15) is 39.0 Å². The van der Waals surface area contributed by atoms with Gasteiger partial charge in [0.15, 0.2) is 0 Å². The molecule has 0 unspecified atom stereocenters. The van der Waals surface area contributed by atoms with Gasteiger partial charge in [0.25, 0.3) is 0 Å². The van der Waals surface area contributed by atoms with Crippen LogP contribution in [-0.4, -0.2) is 33.8 Å². The molecular weight excluding hydrogens is 230 g/mol. The zero-order chi connectivity index (χ0) is 12.8. The summed E-state index contributed by atoms with van der Waals surface area (Å²) in [6.45, 7) is 2.74. The largest absolute Gasteiger partial charge is 0.478 e. The highest BCUT2D eigenvalue weighted by atomic mass is 16.5. The monoisotopic (exact) mass is 251 g/mol. The molecule has 1 aliphatic carbocycles. The van der Waals surface area contributed by atoms with Crippen molar-refractivity contribution in [3.8, 4) is 5.88 Å². The van der Waals surface area contributed by atoms with E-state index in [0.717, 1.165) is 32.1 Å². The van der Waals surface area contributed by atoms with E-state index in [9.17, 15) is 5.11 Å². The van der Waals surface area contributed by atoms with Crippen LogP contribution >= 0.6 is 0 Å². The van der Waals surface area contributed by atoms with E-state index in [4.69, 9.17) is 4.74 Å². The third-order valence-corrected chi connectivity index (χ3v) is 3.11. The summed E-state index contributed by atoms with van der Waals surface area (Å²) < 4.78 is 5.47. The van der Waals surface area contributed by atoms with Crippen LogP contribution in [0.15, 0.2) is 12.3 Å². The lowest BCUT2D eigenvalue weighted by Crippen LogP contribution is -2.28. The molecule has 0 aromatic carbocycles. The van der Waals surface area contributed by atoms with Crippen molar-refractivity contribution in [2.24, 2.45) is 0 Å². The first-order valence-electron chi connectivity index (χ1n) is 6.68. The standard InChI is InChI=1S/C13H21N3O2/c1-2-9-18-12-7-8-14-13(16-12)15-10-3-5-11(17)6-4-10/h7-8,10-11,17H,2-6,9H2,1H3,(H,14,15,16). The average Bonchev–Trinajstić information content (AvgIpc) is 2.40. The lowest BCUT2D eigenvalue weighted by molar-refractivity contribution is 0.126. The highest BCUT2D eigenvalue weighted by Gasteiger charge is 2.19. The van der Waals surface area contributed by atoms with E-state index in [2.05, 4.69) is 22.2 Å². The number of nitrogens with one attached hydrogen (secondary N) is 1. The topological polar surface area (TPSA) is 67.3 Å². The molecule has 0 aliphatic heterocycles. The molecular formula is C13H21N3O2. The fourth-order valence-electron chi connectivity index (χ4n) is 2.10. The average molecular weight is 251 g/mol. The van der Waals surface area contributed by atoms with Crippen LogP contribution < -0.4 is 10.1 Å². The summed E-state index contributed by atoms with van der Waals surface area (Å²) in [5.74, 6) is 1.23. The van der Waals surface area contributed by atoms with Crippen molar-refractivity contribution < 1.29 is 9.84 Å². The maximum atomic E-state index is 9.46. The second-order valence-electron chi connectivity index (χ2n) is 4.72. The van der Waals surface area contributed by atoms with E-state index < -0.39 is 0 Å². The van der Waals surface area contributed by atoms with Crippen LogP contribution in [0, 0.1) is 0 Å².